The fourth-order valence-corrected chi connectivity index (χ4v) is 2.83. The summed E-state index contributed by atoms with van der Waals surface area (Å²) >= 11 is 6.18. The number of anilines is 1. The third-order valence-corrected chi connectivity index (χ3v) is 4.02. The third-order valence-electron chi connectivity index (χ3n) is 3.70. The zero-order chi connectivity index (χ0) is 13.1. The van der Waals surface area contributed by atoms with Crippen molar-refractivity contribution in [2.45, 2.75) is 38.1 Å². The lowest BCUT2D eigenvalue weighted by Crippen LogP contribution is -2.33. The van der Waals surface area contributed by atoms with Gasteiger partial charge in [0, 0.05) is 13.1 Å². The monoisotopic (exact) mass is 267 g/mol. The Hall–Kier alpha value is -1.22. The van der Waals surface area contributed by atoms with Crippen molar-refractivity contribution in [2.24, 2.45) is 0 Å². The maximum absolute atomic E-state index is 11.0. The van der Waals surface area contributed by atoms with Crippen LogP contribution in [0.5, 0.6) is 0 Å². The lowest BCUT2D eigenvalue weighted by molar-refractivity contribution is 0.0697. The van der Waals surface area contributed by atoms with Crippen LogP contribution in [0.1, 0.15) is 42.5 Å². The van der Waals surface area contributed by atoms with E-state index in [1.807, 2.05) is 7.05 Å². The van der Waals surface area contributed by atoms with Crippen molar-refractivity contribution >= 4 is 23.3 Å². The van der Waals surface area contributed by atoms with Gasteiger partial charge in [-0.3, -0.25) is 0 Å². The van der Waals surface area contributed by atoms with E-state index in [0.29, 0.717) is 11.1 Å². The first-order valence-corrected chi connectivity index (χ1v) is 6.73. The summed E-state index contributed by atoms with van der Waals surface area (Å²) in [6, 6.07) is 5.35. The van der Waals surface area contributed by atoms with Crippen molar-refractivity contribution < 1.29 is 9.90 Å². The molecule has 1 aromatic carbocycles. The van der Waals surface area contributed by atoms with Crippen LogP contribution in [0.3, 0.4) is 0 Å². The lowest BCUT2D eigenvalue weighted by Gasteiger charge is -2.33. The summed E-state index contributed by atoms with van der Waals surface area (Å²) in [5, 5.41) is 9.65. The number of benzene rings is 1. The summed E-state index contributed by atoms with van der Waals surface area (Å²) in [7, 11) is 2.00. The molecule has 0 atom stereocenters. The third kappa shape index (κ3) is 2.78. The highest BCUT2D eigenvalue weighted by Gasteiger charge is 2.20. The Morgan fingerprint density at radius 1 is 1.33 bits per heavy atom. The van der Waals surface area contributed by atoms with Gasteiger partial charge < -0.3 is 10.0 Å². The number of hydrogen-bond acceptors (Lipinski definition) is 2. The molecule has 18 heavy (non-hydrogen) atoms. The highest BCUT2D eigenvalue weighted by atomic mass is 35.5. The number of carbonyl (C=O) groups is 1. The molecule has 0 aromatic heterocycles. The first-order chi connectivity index (χ1) is 8.59. The average molecular weight is 268 g/mol. The number of halogens is 1. The highest BCUT2D eigenvalue weighted by Crippen LogP contribution is 2.31. The standard InChI is InChI=1S/C14H18ClNO2/c1-16(11-5-3-2-4-6-11)13-9-10(14(17)18)7-8-12(13)15/h7-9,11H,2-6H2,1H3,(H,17,18). The number of carboxylic acids is 1. The number of nitrogens with zero attached hydrogens (tertiary/aromatic N) is 1. The number of hydrogen-bond donors (Lipinski definition) is 1. The molecule has 1 aliphatic carbocycles. The maximum Gasteiger partial charge on any atom is 0.335 e. The largest absolute Gasteiger partial charge is 0.478 e. The van der Waals surface area contributed by atoms with Crippen molar-refractivity contribution in [3.8, 4) is 0 Å². The van der Waals surface area contributed by atoms with Gasteiger partial charge in [-0.1, -0.05) is 30.9 Å². The Labute approximate surface area is 112 Å². The van der Waals surface area contributed by atoms with Crippen LogP contribution in [0.4, 0.5) is 5.69 Å². The minimum absolute atomic E-state index is 0.289. The van der Waals surface area contributed by atoms with Gasteiger partial charge >= 0.3 is 5.97 Å². The summed E-state index contributed by atoms with van der Waals surface area (Å²) in [5.41, 5.74) is 1.11. The van der Waals surface area contributed by atoms with Gasteiger partial charge in [0.1, 0.15) is 0 Å². The van der Waals surface area contributed by atoms with Crippen LogP contribution in [-0.4, -0.2) is 24.2 Å². The second kappa shape index (κ2) is 5.61. The van der Waals surface area contributed by atoms with Gasteiger partial charge in [-0.25, -0.2) is 4.79 Å². The minimum atomic E-state index is -0.912. The van der Waals surface area contributed by atoms with Crippen LogP contribution in [0.2, 0.25) is 5.02 Å². The molecule has 1 saturated carbocycles. The molecule has 1 aromatic rings. The molecule has 0 amide bonds. The van der Waals surface area contributed by atoms with E-state index in [-0.39, 0.29) is 5.56 Å². The van der Waals surface area contributed by atoms with E-state index in [1.165, 1.54) is 19.3 Å². The number of aromatic carboxylic acids is 1. The van der Waals surface area contributed by atoms with Crippen molar-refractivity contribution in [2.75, 3.05) is 11.9 Å². The van der Waals surface area contributed by atoms with Crippen LogP contribution in [0.25, 0.3) is 0 Å². The molecule has 4 heteroatoms. The maximum atomic E-state index is 11.0. The molecule has 98 valence electrons. The van der Waals surface area contributed by atoms with Crippen LogP contribution >= 0.6 is 11.6 Å². The van der Waals surface area contributed by atoms with E-state index in [4.69, 9.17) is 16.7 Å². The normalized spacial score (nSPS) is 16.6. The molecule has 1 fully saturated rings. The molecular formula is C14H18ClNO2. The molecule has 0 unspecified atom stereocenters. The molecule has 0 heterocycles. The molecule has 0 radical (unpaired) electrons. The minimum Gasteiger partial charge on any atom is -0.478 e. The quantitative estimate of drug-likeness (QED) is 0.905. The molecule has 1 N–H and O–H groups in total. The van der Waals surface area contributed by atoms with Crippen molar-refractivity contribution in [3.05, 3.63) is 28.8 Å². The Kier molecular flexibility index (Phi) is 4.12. The van der Waals surface area contributed by atoms with E-state index < -0.39 is 5.97 Å². The van der Waals surface area contributed by atoms with Gasteiger partial charge in [0.2, 0.25) is 0 Å². The summed E-state index contributed by atoms with van der Waals surface area (Å²) in [6.07, 6.45) is 6.10. The van der Waals surface area contributed by atoms with Gasteiger partial charge in [0.15, 0.2) is 0 Å². The van der Waals surface area contributed by atoms with Crippen LogP contribution in [-0.2, 0) is 0 Å². The topological polar surface area (TPSA) is 40.5 Å². The molecule has 0 bridgehead atoms. The average Bonchev–Trinajstić information content (AvgIpc) is 2.39. The van der Waals surface area contributed by atoms with E-state index in [1.54, 1.807) is 18.2 Å². The smallest absolute Gasteiger partial charge is 0.335 e. The van der Waals surface area contributed by atoms with Gasteiger partial charge in [-0.2, -0.15) is 0 Å². The molecule has 0 aliphatic heterocycles. The van der Waals surface area contributed by atoms with Crippen molar-refractivity contribution in [1.82, 2.24) is 0 Å². The molecule has 0 saturated heterocycles. The highest BCUT2D eigenvalue weighted by molar-refractivity contribution is 6.33. The van der Waals surface area contributed by atoms with Crippen molar-refractivity contribution in [1.29, 1.82) is 0 Å². The second-order valence-electron chi connectivity index (χ2n) is 4.87. The zero-order valence-electron chi connectivity index (χ0n) is 10.5. The van der Waals surface area contributed by atoms with E-state index in [2.05, 4.69) is 4.90 Å². The van der Waals surface area contributed by atoms with Gasteiger partial charge in [0.05, 0.1) is 16.3 Å². The Balaban J connectivity index is 2.25. The number of rotatable bonds is 3. The van der Waals surface area contributed by atoms with Crippen LogP contribution < -0.4 is 4.90 Å². The van der Waals surface area contributed by atoms with Gasteiger partial charge in [-0.05, 0) is 31.0 Å². The molecule has 0 spiro atoms. The van der Waals surface area contributed by atoms with Crippen LogP contribution in [0.15, 0.2) is 18.2 Å². The first-order valence-electron chi connectivity index (χ1n) is 6.35. The molecule has 3 nitrogen and oxygen atoms in total. The van der Waals surface area contributed by atoms with Crippen LogP contribution in [0, 0.1) is 0 Å². The number of carboxylic acid groups (broad SMARTS) is 1. The Morgan fingerprint density at radius 3 is 2.61 bits per heavy atom. The fraction of sp³-hybridized carbons (Fsp3) is 0.500. The SMILES string of the molecule is CN(c1cc(C(=O)O)ccc1Cl)C1CCCCC1. The molecular weight excluding hydrogens is 250 g/mol. The van der Waals surface area contributed by atoms with E-state index in [0.717, 1.165) is 18.5 Å². The Morgan fingerprint density at radius 2 is 2.00 bits per heavy atom. The first kappa shape index (κ1) is 13.2. The van der Waals surface area contributed by atoms with Gasteiger partial charge in [-0.15, -0.1) is 0 Å². The zero-order valence-corrected chi connectivity index (χ0v) is 11.3. The summed E-state index contributed by atoms with van der Waals surface area (Å²) < 4.78 is 0. The van der Waals surface area contributed by atoms with E-state index in [9.17, 15) is 4.79 Å². The molecule has 1 aliphatic rings. The summed E-state index contributed by atoms with van der Waals surface area (Å²) in [6.45, 7) is 0. The predicted octanol–water partition coefficient (Wildman–Crippen LogP) is 3.81. The fourth-order valence-electron chi connectivity index (χ4n) is 2.58. The predicted molar refractivity (Wildman–Crippen MR) is 73.7 cm³/mol. The van der Waals surface area contributed by atoms with Crippen molar-refractivity contribution in [3.63, 3.8) is 0 Å². The van der Waals surface area contributed by atoms with E-state index >= 15 is 0 Å². The summed E-state index contributed by atoms with van der Waals surface area (Å²) in [5.74, 6) is -0.912. The molecule has 2 rings (SSSR count). The lowest BCUT2D eigenvalue weighted by atomic mass is 9.94. The summed E-state index contributed by atoms with van der Waals surface area (Å²) in [4.78, 5) is 13.1. The second-order valence-corrected chi connectivity index (χ2v) is 5.28. The Bertz CT molecular complexity index is 441. The van der Waals surface area contributed by atoms with Gasteiger partial charge in [0.25, 0.3) is 0 Å².